The smallest absolute Gasteiger partial charge is 0.413 e. The number of carbonyl (C=O) groups is 2. The van der Waals surface area contributed by atoms with Crippen LogP contribution >= 0.6 is 23.4 Å². The maximum Gasteiger partial charge on any atom is 0.413 e. The van der Waals surface area contributed by atoms with E-state index in [9.17, 15) is 9.59 Å². The van der Waals surface area contributed by atoms with Crippen LogP contribution in [0.25, 0.3) is 0 Å². The molecule has 0 atom stereocenters. The van der Waals surface area contributed by atoms with E-state index in [0.717, 1.165) is 7.05 Å². The summed E-state index contributed by atoms with van der Waals surface area (Å²) in [4.78, 5) is 20.8. The molecule has 0 heterocycles. The molecule has 0 bridgehead atoms. The van der Waals surface area contributed by atoms with Gasteiger partial charge in [0.2, 0.25) is 5.91 Å². The predicted octanol–water partition coefficient (Wildman–Crippen LogP) is 1.52. The van der Waals surface area contributed by atoms with E-state index < -0.39 is 12.0 Å². The van der Waals surface area contributed by atoms with Gasteiger partial charge in [0.15, 0.2) is 0 Å². The van der Waals surface area contributed by atoms with Crippen LogP contribution in [0.2, 0.25) is 0 Å². The van der Waals surface area contributed by atoms with Gasteiger partial charge in [0, 0.05) is 7.05 Å². The quantitative estimate of drug-likeness (QED) is 0.244. The molecule has 0 aromatic heterocycles. The molecule has 15 heavy (non-hydrogen) atoms. The molecule has 0 unspecified atom stereocenters. The molecule has 0 aliphatic rings. The highest BCUT2D eigenvalue weighted by Gasteiger charge is 2.12. The van der Waals surface area contributed by atoms with Gasteiger partial charge in [0.05, 0.1) is 0 Å². The molecule has 0 aliphatic heterocycles. The molecular weight excluding hydrogens is 244 g/mol. The molecule has 0 aromatic rings. The van der Waals surface area contributed by atoms with Crippen LogP contribution in [0.5, 0.6) is 0 Å². The molecule has 88 valence electrons. The second-order valence-electron chi connectivity index (χ2n) is 2.19. The average molecular weight is 257 g/mol. The van der Waals surface area contributed by atoms with E-state index in [1.165, 1.54) is 11.8 Å². The van der Waals surface area contributed by atoms with Gasteiger partial charge in [-0.25, -0.2) is 9.69 Å². The van der Waals surface area contributed by atoms with Crippen molar-refractivity contribution >= 4 is 40.4 Å². The zero-order valence-corrected chi connectivity index (χ0v) is 10.2. The summed E-state index contributed by atoms with van der Waals surface area (Å²) in [5.74, 6) is -0.924. The molecule has 2 amide bonds. The maximum absolute atomic E-state index is 10.4. The van der Waals surface area contributed by atoms with Gasteiger partial charge in [-0.1, -0.05) is 5.16 Å². The van der Waals surface area contributed by atoms with Crippen molar-refractivity contribution in [2.45, 2.75) is 6.92 Å². The van der Waals surface area contributed by atoms with Crippen LogP contribution < -0.4 is 0 Å². The minimum absolute atomic E-state index is 0.303. The molecule has 0 saturated carbocycles. The summed E-state index contributed by atoms with van der Waals surface area (Å²) in [5, 5.41) is 19.6. The standard InChI is InChI=1S/C4H6ClNO3.C3H7NOS/c1-6(4(8)9)3(7)2-5;1-3(4-5)6-2/h2H2,1H3,(H,8,9);5H,1-2H3/b;4-3-. The van der Waals surface area contributed by atoms with Crippen LogP contribution in [0.15, 0.2) is 5.16 Å². The SMILES string of the molecule is CN(C(=O)O)C(=O)CCl.CS/C(C)=N\O. The van der Waals surface area contributed by atoms with E-state index >= 15 is 0 Å². The topological polar surface area (TPSA) is 90.2 Å². The average Bonchev–Trinajstić information content (AvgIpc) is 2.26. The molecule has 8 heteroatoms. The normalized spacial score (nSPS) is 10.0. The Hall–Kier alpha value is -0.950. The van der Waals surface area contributed by atoms with Crippen molar-refractivity contribution < 1.29 is 19.9 Å². The Balaban J connectivity index is 0. The highest BCUT2D eigenvalue weighted by Crippen LogP contribution is 1.92. The van der Waals surface area contributed by atoms with Gasteiger partial charge >= 0.3 is 6.09 Å². The van der Waals surface area contributed by atoms with E-state index in [1.807, 2.05) is 6.26 Å². The number of oxime groups is 1. The minimum Gasteiger partial charge on any atom is -0.465 e. The van der Waals surface area contributed by atoms with Crippen molar-refractivity contribution in [3.63, 3.8) is 0 Å². The third kappa shape index (κ3) is 9.36. The number of nitrogens with zero attached hydrogens (tertiary/aromatic N) is 2. The van der Waals surface area contributed by atoms with Gasteiger partial charge in [-0.05, 0) is 13.2 Å². The number of carboxylic acid groups (broad SMARTS) is 1. The Morgan fingerprint density at radius 1 is 1.53 bits per heavy atom. The number of hydrogen-bond donors (Lipinski definition) is 2. The first-order valence-electron chi connectivity index (χ1n) is 3.68. The number of halogens is 1. The summed E-state index contributed by atoms with van der Waals surface area (Å²) < 4.78 is 0. The number of hydrogen-bond acceptors (Lipinski definition) is 5. The number of carbonyl (C=O) groups excluding carboxylic acids is 1. The zero-order chi connectivity index (χ0) is 12.4. The second-order valence-corrected chi connectivity index (χ2v) is 3.46. The van der Waals surface area contributed by atoms with Crippen molar-refractivity contribution in [3.05, 3.63) is 0 Å². The number of rotatable bonds is 1. The highest BCUT2D eigenvalue weighted by atomic mass is 35.5. The summed E-state index contributed by atoms with van der Waals surface area (Å²) in [6, 6.07) is 0. The van der Waals surface area contributed by atoms with Gasteiger partial charge in [-0.15, -0.1) is 23.4 Å². The molecule has 0 spiro atoms. The Morgan fingerprint density at radius 2 is 2.00 bits per heavy atom. The molecule has 2 N–H and O–H groups in total. The Morgan fingerprint density at radius 3 is 2.07 bits per heavy atom. The molecule has 0 fully saturated rings. The first-order valence-corrected chi connectivity index (χ1v) is 5.44. The van der Waals surface area contributed by atoms with Gasteiger partial charge in [-0.2, -0.15) is 0 Å². The van der Waals surface area contributed by atoms with Crippen molar-refractivity contribution in [2.75, 3.05) is 19.2 Å². The van der Waals surface area contributed by atoms with Crippen LogP contribution in [0, 0.1) is 0 Å². The minimum atomic E-state index is -1.29. The fraction of sp³-hybridized carbons (Fsp3) is 0.571. The van der Waals surface area contributed by atoms with Crippen LogP contribution in [-0.2, 0) is 4.79 Å². The van der Waals surface area contributed by atoms with E-state index in [1.54, 1.807) is 6.92 Å². The van der Waals surface area contributed by atoms with Crippen molar-refractivity contribution in [1.82, 2.24) is 4.90 Å². The van der Waals surface area contributed by atoms with E-state index in [2.05, 4.69) is 5.16 Å². The fourth-order valence-corrected chi connectivity index (χ4v) is 0.498. The van der Waals surface area contributed by atoms with Gasteiger partial charge in [0.25, 0.3) is 0 Å². The molecule has 0 radical (unpaired) electrons. The van der Waals surface area contributed by atoms with Crippen molar-refractivity contribution in [1.29, 1.82) is 0 Å². The largest absolute Gasteiger partial charge is 0.465 e. The lowest BCUT2D eigenvalue weighted by Crippen LogP contribution is -2.32. The third-order valence-electron chi connectivity index (χ3n) is 1.21. The number of thioether (sulfide) groups is 1. The summed E-state index contributed by atoms with van der Waals surface area (Å²) in [6.07, 6.45) is 0.565. The van der Waals surface area contributed by atoms with Crippen LogP contribution in [0.3, 0.4) is 0 Å². The second kappa shape index (κ2) is 9.60. The lowest BCUT2D eigenvalue weighted by Gasteiger charge is -2.06. The molecule has 0 aromatic carbocycles. The summed E-state index contributed by atoms with van der Waals surface area (Å²) in [6.45, 7) is 1.74. The van der Waals surface area contributed by atoms with Crippen molar-refractivity contribution in [3.8, 4) is 0 Å². The van der Waals surface area contributed by atoms with Gasteiger partial charge in [0.1, 0.15) is 10.9 Å². The zero-order valence-electron chi connectivity index (χ0n) is 8.60. The lowest BCUT2D eigenvalue weighted by molar-refractivity contribution is -0.125. The van der Waals surface area contributed by atoms with Crippen LogP contribution in [-0.4, -0.2) is 51.4 Å². The van der Waals surface area contributed by atoms with E-state index in [4.69, 9.17) is 21.9 Å². The van der Waals surface area contributed by atoms with E-state index in [0.29, 0.717) is 9.94 Å². The van der Waals surface area contributed by atoms with Crippen molar-refractivity contribution in [2.24, 2.45) is 5.16 Å². The summed E-state index contributed by atoms with van der Waals surface area (Å²) in [5.41, 5.74) is 0. The highest BCUT2D eigenvalue weighted by molar-refractivity contribution is 8.13. The van der Waals surface area contributed by atoms with Crippen LogP contribution in [0.1, 0.15) is 6.92 Å². The summed E-state index contributed by atoms with van der Waals surface area (Å²) in [7, 11) is 1.15. The molecule has 0 aliphatic carbocycles. The molecule has 0 saturated heterocycles. The fourth-order valence-electron chi connectivity index (χ4n) is 0.237. The first-order chi connectivity index (χ1) is 6.90. The third-order valence-corrected chi connectivity index (χ3v) is 2.11. The van der Waals surface area contributed by atoms with Gasteiger partial charge in [-0.3, -0.25) is 4.79 Å². The lowest BCUT2D eigenvalue weighted by atomic mass is 10.6. The Kier molecular flexibility index (Phi) is 10.5. The number of imide groups is 1. The number of alkyl halides is 1. The van der Waals surface area contributed by atoms with Crippen LogP contribution in [0.4, 0.5) is 4.79 Å². The molecule has 6 nitrogen and oxygen atoms in total. The first kappa shape index (κ1) is 16.5. The molecule has 0 rings (SSSR count). The predicted molar refractivity (Wildman–Crippen MR) is 59.9 cm³/mol. The Bertz CT molecular complexity index is 247. The molecular formula is C7H13ClN2O4S. The maximum atomic E-state index is 10.4. The Labute approximate surface area is 96.9 Å². The number of amides is 2. The van der Waals surface area contributed by atoms with Gasteiger partial charge < -0.3 is 10.3 Å². The summed E-state index contributed by atoms with van der Waals surface area (Å²) >= 11 is 6.46. The monoisotopic (exact) mass is 256 g/mol. The van der Waals surface area contributed by atoms with E-state index in [-0.39, 0.29) is 5.88 Å².